The van der Waals surface area contributed by atoms with Crippen molar-refractivity contribution in [2.24, 2.45) is 17.6 Å². The maximum atomic E-state index is 12.8. The lowest BCUT2D eigenvalue weighted by Crippen LogP contribution is -2.47. The maximum absolute atomic E-state index is 12.8. The van der Waals surface area contributed by atoms with Gasteiger partial charge in [-0.25, -0.2) is 0 Å². The Morgan fingerprint density at radius 2 is 1.76 bits per heavy atom. The topological polar surface area (TPSA) is 49.6 Å². The molecule has 3 aliphatic rings. The fraction of sp³-hybridized carbons (Fsp3) is 0.941. The highest BCUT2D eigenvalue weighted by atomic mass is 16.2. The molecule has 1 amide bonds. The van der Waals surface area contributed by atoms with Gasteiger partial charge in [-0.05, 0) is 44.4 Å². The van der Waals surface area contributed by atoms with E-state index in [2.05, 4.69) is 16.7 Å². The van der Waals surface area contributed by atoms with E-state index in [1.165, 1.54) is 44.9 Å². The standard InChI is InChI=1S/C17H31N3O/c1-13(17(21)19-9-4-2-3-5-10-19)20-11-14-7-6-8-16(18)15(14)12-20/h13-16H,2-12,18H2,1H3. The number of likely N-dealkylation sites (tertiary alicyclic amines) is 2. The van der Waals surface area contributed by atoms with Crippen LogP contribution in [0.15, 0.2) is 0 Å². The third-order valence-corrected chi connectivity index (χ3v) is 6.01. The zero-order valence-electron chi connectivity index (χ0n) is 13.5. The molecule has 4 nitrogen and oxygen atoms in total. The first-order valence-electron chi connectivity index (χ1n) is 8.95. The summed E-state index contributed by atoms with van der Waals surface area (Å²) < 4.78 is 0. The monoisotopic (exact) mass is 293 g/mol. The molecule has 1 aliphatic carbocycles. The van der Waals surface area contributed by atoms with E-state index in [0.29, 0.717) is 17.9 Å². The number of hydrogen-bond donors (Lipinski definition) is 1. The molecule has 2 saturated heterocycles. The molecule has 120 valence electrons. The fourth-order valence-electron chi connectivity index (χ4n) is 4.58. The minimum atomic E-state index is 0.0425. The van der Waals surface area contributed by atoms with Gasteiger partial charge in [0.15, 0.2) is 0 Å². The molecule has 3 rings (SSSR count). The number of amides is 1. The number of nitrogens with two attached hydrogens (primary N) is 1. The average molecular weight is 293 g/mol. The van der Waals surface area contributed by atoms with Crippen molar-refractivity contribution in [2.45, 2.75) is 64.0 Å². The predicted molar refractivity (Wildman–Crippen MR) is 84.9 cm³/mol. The van der Waals surface area contributed by atoms with Gasteiger partial charge in [-0.3, -0.25) is 9.69 Å². The summed E-state index contributed by atoms with van der Waals surface area (Å²) in [6.45, 7) is 6.15. The van der Waals surface area contributed by atoms with Crippen LogP contribution in [-0.2, 0) is 4.79 Å². The van der Waals surface area contributed by atoms with Crippen LogP contribution in [-0.4, -0.2) is 54.0 Å². The van der Waals surface area contributed by atoms with Gasteiger partial charge in [0.1, 0.15) is 0 Å². The summed E-state index contributed by atoms with van der Waals surface area (Å²) in [4.78, 5) is 17.3. The number of rotatable bonds is 2. The molecule has 0 aromatic carbocycles. The molecule has 2 aliphatic heterocycles. The summed E-state index contributed by atoms with van der Waals surface area (Å²) in [6, 6.07) is 0.398. The van der Waals surface area contributed by atoms with E-state index in [9.17, 15) is 4.79 Å². The van der Waals surface area contributed by atoms with Crippen molar-refractivity contribution in [1.82, 2.24) is 9.80 Å². The third-order valence-electron chi connectivity index (χ3n) is 6.01. The van der Waals surface area contributed by atoms with Crippen molar-refractivity contribution in [3.05, 3.63) is 0 Å². The van der Waals surface area contributed by atoms with E-state index in [0.717, 1.165) is 32.1 Å². The van der Waals surface area contributed by atoms with Crippen LogP contribution < -0.4 is 5.73 Å². The minimum Gasteiger partial charge on any atom is -0.341 e. The summed E-state index contributed by atoms with van der Waals surface area (Å²) in [5, 5.41) is 0. The second kappa shape index (κ2) is 6.66. The fourth-order valence-corrected chi connectivity index (χ4v) is 4.58. The minimum absolute atomic E-state index is 0.0425. The SMILES string of the molecule is CC(C(=O)N1CCCCCC1)N1CC2CCCC(N)C2C1. The van der Waals surface area contributed by atoms with E-state index < -0.39 is 0 Å². The number of hydrogen-bond acceptors (Lipinski definition) is 3. The average Bonchev–Trinajstić information content (AvgIpc) is 2.75. The lowest BCUT2D eigenvalue weighted by Gasteiger charge is -2.30. The van der Waals surface area contributed by atoms with Gasteiger partial charge in [0.2, 0.25) is 5.91 Å². The van der Waals surface area contributed by atoms with Crippen molar-refractivity contribution in [2.75, 3.05) is 26.2 Å². The quantitative estimate of drug-likeness (QED) is 0.845. The van der Waals surface area contributed by atoms with Crippen LogP contribution in [0, 0.1) is 11.8 Å². The molecule has 0 radical (unpaired) electrons. The van der Waals surface area contributed by atoms with Crippen LogP contribution in [0.3, 0.4) is 0 Å². The number of carbonyl (C=O) groups excluding carboxylic acids is 1. The van der Waals surface area contributed by atoms with Gasteiger partial charge < -0.3 is 10.6 Å². The molecule has 4 unspecified atom stereocenters. The van der Waals surface area contributed by atoms with Crippen LogP contribution in [0.1, 0.15) is 51.9 Å². The Morgan fingerprint density at radius 1 is 1.05 bits per heavy atom. The highest BCUT2D eigenvalue weighted by Gasteiger charge is 2.41. The third kappa shape index (κ3) is 3.26. The normalized spacial score (nSPS) is 36.1. The molecule has 1 saturated carbocycles. The number of fused-ring (bicyclic) bond motifs is 1. The van der Waals surface area contributed by atoms with Gasteiger partial charge in [-0.1, -0.05) is 19.3 Å². The smallest absolute Gasteiger partial charge is 0.239 e. The zero-order valence-corrected chi connectivity index (χ0v) is 13.5. The van der Waals surface area contributed by atoms with Gasteiger partial charge >= 0.3 is 0 Å². The van der Waals surface area contributed by atoms with E-state index in [4.69, 9.17) is 5.73 Å². The molecule has 21 heavy (non-hydrogen) atoms. The second-order valence-corrected chi connectivity index (χ2v) is 7.39. The molecule has 4 heteroatoms. The summed E-state index contributed by atoms with van der Waals surface area (Å²) in [5.74, 6) is 1.70. The van der Waals surface area contributed by atoms with Crippen molar-refractivity contribution < 1.29 is 4.79 Å². The summed E-state index contributed by atoms with van der Waals surface area (Å²) in [7, 11) is 0. The van der Waals surface area contributed by atoms with Crippen molar-refractivity contribution in [3.63, 3.8) is 0 Å². The first-order valence-corrected chi connectivity index (χ1v) is 8.95. The van der Waals surface area contributed by atoms with E-state index in [-0.39, 0.29) is 6.04 Å². The molecule has 2 heterocycles. The molecule has 0 spiro atoms. The van der Waals surface area contributed by atoms with Gasteiger partial charge in [0.05, 0.1) is 6.04 Å². The van der Waals surface area contributed by atoms with Crippen molar-refractivity contribution >= 4 is 5.91 Å². The highest BCUT2D eigenvalue weighted by molar-refractivity contribution is 5.81. The Morgan fingerprint density at radius 3 is 2.43 bits per heavy atom. The predicted octanol–water partition coefficient (Wildman–Crippen LogP) is 1.84. The first kappa shape index (κ1) is 15.3. The summed E-state index contributed by atoms with van der Waals surface area (Å²) in [5.41, 5.74) is 6.30. The Balaban J connectivity index is 1.59. The largest absolute Gasteiger partial charge is 0.341 e. The molecule has 2 N–H and O–H groups in total. The molecule has 4 atom stereocenters. The van der Waals surface area contributed by atoms with Crippen LogP contribution in [0.4, 0.5) is 0 Å². The van der Waals surface area contributed by atoms with Crippen LogP contribution >= 0.6 is 0 Å². The van der Waals surface area contributed by atoms with E-state index in [1.807, 2.05) is 0 Å². The number of nitrogens with zero attached hydrogens (tertiary/aromatic N) is 2. The van der Waals surface area contributed by atoms with Crippen LogP contribution in [0.25, 0.3) is 0 Å². The Hall–Kier alpha value is -0.610. The first-order chi connectivity index (χ1) is 10.2. The maximum Gasteiger partial charge on any atom is 0.239 e. The Kier molecular flexibility index (Phi) is 4.85. The van der Waals surface area contributed by atoms with Gasteiger partial charge in [-0.2, -0.15) is 0 Å². The second-order valence-electron chi connectivity index (χ2n) is 7.39. The van der Waals surface area contributed by atoms with Crippen molar-refractivity contribution in [3.8, 4) is 0 Å². The lowest BCUT2D eigenvalue weighted by atomic mass is 9.78. The van der Waals surface area contributed by atoms with Crippen LogP contribution in [0.5, 0.6) is 0 Å². The van der Waals surface area contributed by atoms with Gasteiger partial charge in [0.25, 0.3) is 0 Å². The highest BCUT2D eigenvalue weighted by Crippen LogP contribution is 2.36. The van der Waals surface area contributed by atoms with E-state index in [1.54, 1.807) is 0 Å². The molecule has 0 aromatic rings. The van der Waals surface area contributed by atoms with Crippen LogP contribution in [0.2, 0.25) is 0 Å². The Bertz CT molecular complexity index is 365. The molecule has 0 bridgehead atoms. The molecular weight excluding hydrogens is 262 g/mol. The molecular formula is C17H31N3O. The van der Waals surface area contributed by atoms with Gasteiger partial charge in [-0.15, -0.1) is 0 Å². The lowest BCUT2D eigenvalue weighted by molar-refractivity contribution is -0.136. The Labute approximate surface area is 129 Å². The van der Waals surface area contributed by atoms with Gasteiger partial charge in [0, 0.05) is 32.2 Å². The summed E-state index contributed by atoms with van der Waals surface area (Å²) >= 11 is 0. The molecule has 0 aromatic heterocycles. The molecule has 3 fully saturated rings. The summed E-state index contributed by atoms with van der Waals surface area (Å²) in [6.07, 6.45) is 8.65. The van der Waals surface area contributed by atoms with E-state index >= 15 is 0 Å². The van der Waals surface area contributed by atoms with Crippen molar-refractivity contribution in [1.29, 1.82) is 0 Å². The zero-order chi connectivity index (χ0) is 14.8. The number of carbonyl (C=O) groups is 1.